The van der Waals surface area contributed by atoms with Crippen LogP contribution in [0.5, 0.6) is 0 Å². The Bertz CT molecular complexity index is 170. The molecule has 0 saturated heterocycles. The molecule has 1 unspecified atom stereocenters. The van der Waals surface area contributed by atoms with Gasteiger partial charge in [0.1, 0.15) is 11.4 Å². The third-order valence-electron chi connectivity index (χ3n) is 1.69. The highest BCUT2D eigenvalue weighted by Crippen LogP contribution is 2.11. The van der Waals surface area contributed by atoms with Crippen molar-refractivity contribution in [1.82, 2.24) is 0 Å². The van der Waals surface area contributed by atoms with E-state index in [0.717, 1.165) is 0 Å². The van der Waals surface area contributed by atoms with Crippen molar-refractivity contribution in [2.24, 2.45) is 0 Å². The van der Waals surface area contributed by atoms with Crippen molar-refractivity contribution in [3.8, 4) is 0 Å². The molecule has 0 aromatic rings. The van der Waals surface area contributed by atoms with Gasteiger partial charge in [-0.25, -0.2) is 0 Å². The summed E-state index contributed by atoms with van der Waals surface area (Å²) in [5.41, 5.74) is -1.47. The Hall–Kier alpha value is -0.700. The molecule has 0 aromatic carbocycles. The van der Waals surface area contributed by atoms with E-state index in [1.165, 1.54) is 13.8 Å². The summed E-state index contributed by atoms with van der Waals surface area (Å²) in [6, 6.07) is 0. The van der Waals surface area contributed by atoms with Gasteiger partial charge in [0, 0.05) is 12.8 Å². The van der Waals surface area contributed by atoms with Crippen molar-refractivity contribution in [3.05, 3.63) is 0 Å². The lowest BCUT2D eigenvalue weighted by atomic mass is 9.94. The predicted octanol–water partition coefficient (Wildman–Crippen LogP) is 0.696. The Morgan fingerprint density at radius 1 is 1.45 bits per heavy atom. The molecule has 0 fully saturated rings. The van der Waals surface area contributed by atoms with E-state index in [9.17, 15) is 14.7 Å². The number of aliphatic hydroxyl groups is 1. The maximum absolute atomic E-state index is 10.8. The fourth-order valence-electron chi connectivity index (χ4n) is 0.633. The standard InChI is InChI=1S/C8H14O3/c1-4-7(10)5-8(3,11)6(2)9/h11H,4-5H2,1-3H3. The van der Waals surface area contributed by atoms with Gasteiger partial charge >= 0.3 is 0 Å². The van der Waals surface area contributed by atoms with E-state index in [-0.39, 0.29) is 18.0 Å². The first-order valence-electron chi connectivity index (χ1n) is 3.65. The second-order valence-electron chi connectivity index (χ2n) is 2.90. The van der Waals surface area contributed by atoms with Gasteiger partial charge in [0.15, 0.2) is 5.78 Å². The summed E-state index contributed by atoms with van der Waals surface area (Å²) in [5, 5.41) is 9.32. The van der Waals surface area contributed by atoms with E-state index in [0.29, 0.717) is 6.42 Å². The highest BCUT2D eigenvalue weighted by atomic mass is 16.3. The smallest absolute Gasteiger partial charge is 0.161 e. The normalized spacial score (nSPS) is 15.6. The SMILES string of the molecule is CCC(=O)CC(C)(O)C(C)=O. The van der Waals surface area contributed by atoms with Gasteiger partial charge in [-0.2, -0.15) is 0 Å². The largest absolute Gasteiger partial charge is 0.382 e. The van der Waals surface area contributed by atoms with E-state index in [4.69, 9.17) is 0 Å². The van der Waals surface area contributed by atoms with Crippen LogP contribution in [0.15, 0.2) is 0 Å². The summed E-state index contributed by atoms with van der Waals surface area (Å²) in [4.78, 5) is 21.5. The van der Waals surface area contributed by atoms with Gasteiger partial charge < -0.3 is 5.11 Å². The molecule has 0 aliphatic rings. The van der Waals surface area contributed by atoms with Crippen LogP contribution >= 0.6 is 0 Å². The van der Waals surface area contributed by atoms with Gasteiger partial charge in [-0.1, -0.05) is 6.92 Å². The third-order valence-corrected chi connectivity index (χ3v) is 1.69. The number of carbonyl (C=O) groups is 2. The molecule has 0 aliphatic carbocycles. The fraction of sp³-hybridized carbons (Fsp3) is 0.750. The van der Waals surface area contributed by atoms with Crippen molar-refractivity contribution in [3.63, 3.8) is 0 Å². The number of carbonyl (C=O) groups excluding carboxylic acids is 2. The van der Waals surface area contributed by atoms with Crippen molar-refractivity contribution < 1.29 is 14.7 Å². The van der Waals surface area contributed by atoms with Gasteiger partial charge in [-0.15, -0.1) is 0 Å². The Kier molecular flexibility index (Phi) is 3.39. The summed E-state index contributed by atoms with van der Waals surface area (Å²) in [7, 11) is 0. The van der Waals surface area contributed by atoms with E-state index in [1.807, 2.05) is 0 Å². The minimum atomic E-state index is -1.47. The van der Waals surface area contributed by atoms with Gasteiger partial charge in [0.05, 0.1) is 0 Å². The van der Waals surface area contributed by atoms with E-state index in [2.05, 4.69) is 0 Å². The van der Waals surface area contributed by atoms with E-state index in [1.54, 1.807) is 6.92 Å². The number of hydrogen-bond donors (Lipinski definition) is 1. The molecule has 0 aliphatic heterocycles. The van der Waals surface area contributed by atoms with Gasteiger partial charge in [0.2, 0.25) is 0 Å². The topological polar surface area (TPSA) is 54.4 Å². The van der Waals surface area contributed by atoms with Crippen LogP contribution in [-0.2, 0) is 9.59 Å². The summed E-state index contributed by atoms with van der Waals surface area (Å²) in [6.45, 7) is 4.35. The monoisotopic (exact) mass is 158 g/mol. The molecule has 0 rings (SSSR count). The van der Waals surface area contributed by atoms with Crippen molar-refractivity contribution >= 4 is 11.6 Å². The predicted molar refractivity (Wildman–Crippen MR) is 41.2 cm³/mol. The lowest BCUT2D eigenvalue weighted by molar-refractivity contribution is -0.139. The quantitative estimate of drug-likeness (QED) is 0.655. The molecular formula is C8H14O3. The lowest BCUT2D eigenvalue weighted by Crippen LogP contribution is -2.35. The van der Waals surface area contributed by atoms with E-state index < -0.39 is 5.60 Å². The average Bonchev–Trinajstić information content (AvgIpc) is 1.86. The molecule has 0 spiro atoms. The maximum atomic E-state index is 10.8. The summed E-state index contributed by atoms with van der Waals surface area (Å²) >= 11 is 0. The molecule has 3 nitrogen and oxygen atoms in total. The molecule has 11 heavy (non-hydrogen) atoms. The Morgan fingerprint density at radius 2 is 1.91 bits per heavy atom. The Morgan fingerprint density at radius 3 is 2.18 bits per heavy atom. The Balaban J connectivity index is 4.12. The molecule has 0 heterocycles. The average molecular weight is 158 g/mol. The van der Waals surface area contributed by atoms with Crippen LogP contribution in [0.1, 0.15) is 33.6 Å². The summed E-state index contributed by atoms with van der Waals surface area (Å²) < 4.78 is 0. The highest BCUT2D eigenvalue weighted by Gasteiger charge is 2.28. The number of rotatable bonds is 4. The number of hydrogen-bond acceptors (Lipinski definition) is 3. The van der Waals surface area contributed by atoms with Gasteiger partial charge in [0.25, 0.3) is 0 Å². The van der Waals surface area contributed by atoms with Crippen molar-refractivity contribution in [2.45, 2.75) is 39.2 Å². The molecule has 3 heteroatoms. The van der Waals surface area contributed by atoms with Crippen LogP contribution in [0.2, 0.25) is 0 Å². The Labute approximate surface area is 66.4 Å². The maximum Gasteiger partial charge on any atom is 0.161 e. The molecule has 0 amide bonds. The van der Waals surface area contributed by atoms with Crippen molar-refractivity contribution in [2.75, 3.05) is 0 Å². The molecule has 1 N–H and O–H groups in total. The van der Waals surface area contributed by atoms with Crippen molar-refractivity contribution in [1.29, 1.82) is 0 Å². The zero-order valence-corrected chi connectivity index (χ0v) is 7.18. The number of Topliss-reactive ketones (excluding diaryl/α,β-unsaturated/α-hetero) is 2. The first kappa shape index (κ1) is 10.3. The third kappa shape index (κ3) is 3.28. The zero-order chi connectivity index (χ0) is 9.07. The van der Waals surface area contributed by atoms with Crippen LogP contribution in [0.4, 0.5) is 0 Å². The van der Waals surface area contributed by atoms with Crippen LogP contribution in [0.3, 0.4) is 0 Å². The lowest BCUT2D eigenvalue weighted by Gasteiger charge is -2.17. The zero-order valence-electron chi connectivity index (χ0n) is 7.18. The minimum Gasteiger partial charge on any atom is -0.382 e. The minimum absolute atomic E-state index is 0.0706. The molecular weight excluding hydrogens is 144 g/mol. The van der Waals surface area contributed by atoms with Gasteiger partial charge in [-0.05, 0) is 13.8 Å². The fourth-order valence-corrected chi connectivity index (χ4v) is 0.633. The molecule has 0 bridgehead atoms. The summed E-state index contributed by atoms with van der Waals surface area (Å²) in [5.74, 6) is -0.454. The molecule has 1 atom stereocenters. The number of ketones is 2. The van der Waals surface area contributed by atoms with Crippen LogP contribution in [0, 0.1) is 0 Å². The summed E-state index contributed by atoms with van der Waals surface area (Å²) in [6.07, 6.45) is 0.294. The first-order chi connectivity index (χ1) is 4.90. The van der Waals surface area contributed by atoms with Crippen LogP contribution < -0.4 is 0 Å². The molecule has 0 aromatic heterocycles. The van der Waals surface area contributed by atoms with Crippen LogP contribution in [-0.4, -0.2) is 22.3 Å². The molecule has 0 radical (unpaired) electrons. The second kappa shape index (κ2) is 3.62. The van der Waals surface area contributed by atoms with Crippen LogP contribution in [0.25, 0.3) is 0 Å². The van der Waals surface area contributed by atoms with Gasteiger partial charge in [-0.3, -0.25) is 9.59 Å². The first-order valence-corrected chi connectivity index (χ1v) is 3.65. The molecule has 64 valence electrons. The second-order valence-corrected chi connectivity index (χ2v) is 2.90. The van der Waals surface area contributed by atoms with E-state index >= 15 is 0 Å². The highest BCUT2D eigenvalue weighted by molar-refractivity contribution is 5.91. The molecule has 0 saturated carbocycles.